The summed E-state index contributed by atoms with van der Waals surface area (Å²) in [5.41, 5.74) is 11.1. The van der Waals surface area contributed by atoms with Crippen LogP contribution in [0.5, 0.6) is 0 Å². The maximum absolute atomic E-state index is 10.4. The lowest BCUT2D eigenvalue weighted by molar-refractivity contribution is -0.0980. The molecule has 104 valence electrons. The molecule has 0 radical (unpaired) electrons. The molecule has 0 heterocycles. The van der Waals surface area contributed by atoms with E-state index in [1.807, 2.05) is 18.9 Å². The summed E-state index contributed by atoms with van der Waals surface area (Å²) in [5.74, 6) is -0.758. The van der Waals surface area contributed by atoms with Gasteiger partial charge < -0.3 is 16.3 Å². The van der Waals surface area contributed by atoms with Crippen LogP contribution in [0.25, 0.3) is 0 Å². The minimum atomic E-state index is -0.379. The molecule has 5 heteroatoms. The summed E-state index contributed by atoms with van der Waals surface area (Å²) >= 11 is 0. The topological polar surface area (TPSA) is 103 Å². The lowest BCUT2D eigenvalue weighted by Crippen LogP contribution is -2.09. The third-order valence-corrected chi connectivity index (χ3v) is 2.12. The van der Waals surface area contributed by atoms with Gasteiger partial charge in [-0.2, -0.15) is 0 Å². The molecule has 2 amide bonds. The third-order valence-electron chi connectivity index (χ3n) is 2.12. The predicted molar refractivity (Wildman–Crippen MR) is 77.0 cm³/mol. The van der Waals surface area contributed by atoms with Crippen LogP contribution >= 0.6 is 0 Å². The maximum atomic E-state index is 10.4. The van der Waals surface area contributed by atoms with Crippen LogP contribution in [0.15, 0.2) is 60.7 Å². The molecule has 5 nitrogen and oxygen atoms in total. The summed E-state index contributed by atoms with van der Waals surface area (Å²) in [4.78, 5) is 28.8. The van der Waals surface area contributed by atoms with Crippen LogP contribution in [-0.4, -0.2) is 18.6 Å². The number of hydrogen-bond donors (Lipinski definition) is 2. The van der Waals surface area contributed by atoms with E-state index in [1.54, 1.807) is 48.5 Å². The van der Waals surface area contributed by atoms with Gasteiger partial charge in [0.1, 0.15) is 6.79 Å². The van der Waals surface area contributed by atoms with Crippen molar-refractivity contribution in [3.63, 3.8) is 0 Å². The second-order valence-corrected chi connectivity index (χ2v) is 3.46. The molecule has 0 saturated carbocycles. The van der Waals surface area contributed by atoms with Gasteiger partial charge in [0.25, 0.3) is 0 Å². The largest absolute Gasteiger partial charge is 0.366 e. The number of benzene rings is 2. The van der Waals surface area contributed by atoms with Gasteiger partial charge in [-0.3, -0.25) is 9.59 Å². The molecule has 0 aliphatic heterocycles. The zero-order valence-electron chi connectivity index (χ0n) is 10.9. The standard InChI is InChI=1S/2C7H7NO.CH2O/c2*8-7(9)6-4-2-1-3-5-6;1-2/h2*1-5H,(H2,8,9);1H2. The van der Waals surface area contributed by atoms with Gasteiger partial charge in [-0.05, 0) is 24.3 Å². The highest BCUT2D eigenvalue weighted by Gasteiger charge is 1.94. The van der Waals surface area contributed by atoms with Gasteiger partial charge in [0.05, 0.1) is 0 Å². The maximum Gasteiger partial charge on any atom is 0.248 e. The molecule has 0 atom stereocenters. The van der Waals surface area contributed by atoms with E-state index in [1.165, 1.54) is 0 Å². The van der Waals surface area contributed by atoms with Gasteiger partial charge in [0.2, 0.25) is 11.8 Å². The van der Waals surface area contributed by atoms with Gasteiger partial charge >= 0.3 is 0 Å². The minimum absolute atomic E-state index is 0.379. The van der Waals surface area contributed by atoms with Gasteiger partial charge in [-0.1, -0.05) is 36.4 Å². The quantitative estimate of drug-likeness (QED) is 0.863. The second-order valence-electron chi connectivity index (χ2n) is 3.46. The molecule has 4 N–H and O–H groups in total. The highest BCUT2D eigenvalue weighted by atomic mass is 16.1. The van der Waals surface area contributed by atoms with E-state index >= 15 is 0 Å². The fourth-order valence-electron chi connectivity index (χ4n) is 1.20. The minimum Gasteiger partial charge on any atom is -0.366 e. The average molecular weight is 272 g/mol. The molecule has 0 fully saturated rings. The van der Waals surface area contributed by atoms with Crippen LogP contribution < -0.4 is 11.5 Å². The Kier molecular flexibility index (Phi) is 8.54. The van der Waals surface area contributed by atoms with Crippen molar-refractivity contribution < 1.29 is 14.4 Å². The first-order valence-corrected chi connectivity index (χ1v) is 5.60. The van der Waals surface area contributed by atoms with Crippen molar-refractivity contribution in [2.75, 3.05) is 0 Å². The molecule has 2 aromatic rings. The number of carbonyl (C=O) groups excluding carboxylic acids is 3. The molecule has 20 heavy (non-hydrogen) atoms. The van der Waals surface area contributed by atoms with Gasteiger partial charge in [-0.15, -0.1) is 0 Å². The summed E-state index contributed by atoms with van der Waals surface area (Å²) in [7, 11) is 0. The number of carbonyl (C=O) groups is 3. The molecule has 0 aromatic heterocycles. The van der Waals surface area contributed by atoms with Crippen molar-refractivity contribution in [1.29, 1.82) is 0 Å². The number of amides is 2. The Balaban J connectivity index is 0.000000321. The van der Waals surface area contributed by atoms with E-state index in [4.69, 9.17) is 16.3 Å². The van der Waals surface area contributed by atoms with E-state index in [2.05, 4.69) is 0 Å². The Hall–Kier alpha value is -2.95. The van der Waals surface area contributed by atoms with E-state index in [0.29, 0.717) is 11.1 Å². The van der Waals surface area contributed by atoms with Crippen molar-refractivity contribution >= 4 is 18.6 Å². The first kappa shape index (κ1) is 17.1. The molecule has 2 aromatic carbocycles. The smallest absolute Gasteiger partial charge is 0.248 e. The van der Waals surface area contributed by atoms with Gasteiger partial charge in [0.15, 0.2) is 0 Å². The highest BCUT2D eigenvalue weighted by molar-refractivity contribution is 5.93. The van der Waals surface area contributed by atoms with Crippen LogP contribution in [0, 0.1) is 0 Å². The molecule has 0 saturated heterocycles. The molecule has 0 spiro atoms. The third kappa shape index (κ3) is 6.70. The zero-order chi connectivity index (χ0) is 15.4. The number of primary amides is 2. The fourth-order valence-corrected chi connectivity index (χ4v) is 1.20. The normalized spacial score (nSPS) is 8.20. The van der Waals surface area contributed by atoms with Gasteiger partial charge in [0, 0.05) is 11.1 Å². The summed E-state index contributed by atoms with van der Waals surface area (Å²) in [6, 6.07) is 17.5. The summed E-state index contributed by atoms with van der Waals surface area (Å²) in [6.07, 6.45) is 0. The first-order chi connectivity index (χ1) is 9.61. The van der Waals surface area contributed by atoms with Crippen LogP contribution in [0.2, 0.25) is 0 Å². The Labute approximate surface area is 117 Å². The molecule has 0 unspecified atom stereocenters. The number of nitrogens with two attached hydrogens (primary N) is 2. The molecule has 0 bridgehead atoms. The fraction of sp³-hybridized carbons (Fsp3) is 0. The number of rotatable bonds is 2. The van der Waals surface area contributed by atoms with Gasteiger partial charge in [-0.25, -0.2) is 0 Å². The zero-order valence-corrected chi connectivity index (χ0v) is 10.9. The molecule has 2 rings (SSSR count). The summed E-state index contributed by atoms with van der Waals surface area (Å²) in [6.45, 7) is 2.00. The molecule has 0 aliphatic carbocycles. The Morgan fingerprint density at radius 3 is 1.05 bits per heavy atom. The van der Waals surface area contributed by atoms with E-state index in [0.717, 1.165) is 0 Å². The average Bonchev–Trinajstić information content (AvgIpc) is 2.51. The van der Waals surface area contributed by atoms with E-state index in [9.17, 15) is 9.59 Å². The highest BCUT2D eigenvalue weighted by Crippen LogP contribution is 1.95. The van der Waals surface area contributed by atoms with Crippen molar-refractivity contribution in [3.05, 3.63) is 71.8 Å². The summed E-state index contributed by atoms with van der Waals surface area (Å²) in [5, 5.41) is 0. The van der Waals surface area contributed by atoms with Crippen LogP contribution in [-0.2, 0) is 4.79 Å². The molecular formula is C15H16N2O3. The van der Waals surface area contributed by atoms with Crippen LogP contribution in [0.4, 0.5) is 0 Å². The van der Waals surface area contributed by atoms with Crippen molar-refractivity contribution in [3.8, 4) is 0 Å². The second kappa shape index (κ2) is 10.0. The van der Waals surface area contributed by atoms with E-state index < -0.39 is 0 Å². The molecule has 0 aliphatic rings. The number of hydrogen-bond acceptors (Lipinski definition) is 3. The summed E-state index contributed by atoms with van der Waals surface area (Å²) < 4.78 is 0. The SMILES string of the molecule is C=O.NC(=O)c1ccccc1.NC(=O)c1ccccc1. The van der Waals surface area contributed by atoms with Crippen molar-refractivity contribution in [1.82, 2.24) is 0 Å². The Morgan fingerprint density at radius 1 is 0.650 bits per heavy atom. The Morgan fingerprint density at radius 2 is 0.900 bits per heavy atom. The van der Waals surface area contributed by atoms with E-state index in [-0.39, 0.29) is 11.8 Å². The van der Waals surface area contributed by atoms with Crippen molar-refractivity contribution in [2.24, 2.45) is 11.5 Å². The van der Waals surface area contributed by atoms with Crippen LogP contribution in [0.3, 0.4) is 0 Å². The first-order valence-electron chi connectivity index (χ1n) is 5.60. The lowest BCUT2D eigenvalue weighted by Gasteiger charge is -1.89. The van der Waals surface area contributed by atoms with Crippen LogP contribution in [0.1, 0.15) is 20.7 Å². The molecular weight excluding hydrogens is 256 g/mol. The van der Waals surface area contributed by atoms with Crippen molar-refractivity contribution in [2.45, 2.75) is 0 Å². The lowest BCUT2D eigenvalue weighted by atomic mass is 10.2. The Bertz CT molecular complexity index is 478. The monoisotopic (exact) mass is 272 g/mol. The predicted octanol–water partition coefficient (Wildman–Crippen LogP) is 1.39.